The van der Waals surface area contributed by atoms with Crippen molar-refractivity contribution in [1.29, 1.82) is 0 Å². The second kappa shape index (κ2) is 6.83. The number of hydrogen-bond acceptors (Lipinski definition) is 5. The Kier molecular flexibility index (Phi) is 4.86. The molecule has 1 amide bonds. The average Bonchev–Trinajstić information content (AvgIpc) is 2.94. The fourth-order valence-corrected chi connectivity index (χ4v) is 1.83. The third-order valence-electron chi connectivity index (χ3n) is 2.86. The molecule has 1 aromatic heterocycles. The molecule has 0 fully saturated rings. The Bertz CT molecular complexity index is 581. The number of carbonyl (C=O) groups is 1. The highest BCUT2D eigenvalue weighted by atomic mass is 16.5. The molecule has 1 aromatic carbocycles. The van der Waals surface area contributed by atoms with Crippen molar-refractivity contribution in [2.75, 3.05) is 7.11 Å². The Morgan fingerprint density at radius 2 is 2.15 bits per heavy atom. The Morgan fingerprint density at radius 1 is 1.40 bits per heavy atom. The zero-order chi connectivity index (χ0) is 14.4. The normalized spacial score (nSPS) is 10.5. The molecule has 3 N–H and O–H groups in total. The molecule has 0 aliphatic heterocycles. The lowest BCUT2D eigenvalue weighted by atomic mass is 10.1. The molecule has 6 nitrogen and oxygen atoms in total. The third kappa shape index (κ3) is 3.43. The molecule has 0 bridgehead atoms. The highest BCUT2D eigenvalue weighted by molar-refractivity contribution is 5.92. The predicted molar refractivity (Wildman–Crippen MR) is 72.7 cm³/mol. The monoisotopic (exact) mass is 275 g/mol. The van der Waals surface area contributed by atoms with Crippen LogP contribution in [0.15, 0.2) is 34.9 Å². The first-order chi connectivity index (χ1) is 9.74. The molecular weight excluding hydrogens is 258 g/mol. The van der Waals surface area contributed by atoms with Crippen LogP contribution in [0.1, 0.15) is 27.4 Å². The summed E-state index contributed by atoms with van der Waals surface area (Å²) in [5, 5.41) is 6.49. The van der Waals surface area contributed by atoms with Crippen LogP contribution < -0.4 is 11.1 Å². The maximum absolute atomic E-state index is 11.9. The lowest BCUT2D eigenvalue weighted by molar-refractivity contribution is 0.0941. The molecular formula is C14H17N3O3. The number of nitrogens with zero attached hydrogens (tertiary/aromatic N) is 1. The lowest BCUT2D eigenvalue weighted by Crippen LogP contribution is -2.24. The van der Waals surface area contributed by atoms with E-state index in [0.29, 0.717) is 18.8 Å². The highest BCUT2D eigenvalue weighted by Gasteiger charge is 2.12. The molecule has 106 valence electrons. The van der Waals surface area contributed by atoms with Gasteiger partial charge in [0, 0.05) is 26.3 Å². The van der Waals surface area contributed by atoms with Crippen LogP contribution in [-0.2, 0) is 24.4 Å². The highest BCUT2D eigenvalue weighted by Crippen LogP contribution is 2.09. The molecule has 0 unspecified atom stereocenters. The first kappa shape index (κ1) is 14.2. The zero-order valence-corrected chi connectivity index (χ0v) is 11.3. The minimum absolute atomic E-state index is 0.238. The van der Waals surface area contributed by atoms with Gasteiger partial charge in [0.25, 0.3) is 5.91 Å². The first-order valence-electron chi connectivity index (χ1n) is 6.24. The second-order valence-electron chi connectivity index (χ2n) is 4.27. The van der Waals surface area contributed by atoms with Crippen LogP contribution in [-0.4, -0.2) is 18.2 Å². The topological polar surface area (TPSA) is 90.4 Å². The zero-order valence-electron chi connectivity index (χ0n) is 11.3. The van der Waals surface area contributed by atoms with E-state index in [1.165, 1.54) is 0 Å². The fourth-order valence-electron chi connectivity index (χ4n) is 1.83. The van der Waals surface area contributed by atoms with Gasteiger partial charge in [-0.05, 0) is 11.1 Å². The number of nitrogens with one attached hydrogen (secondary N) is 1. The van der Waals surface area contributed by atoms with E-state index in [1.807, 2.05) is 24.3 Å². The molecule has 1 heterocycles. The van der Waals surface area contributed by atoms with E-state index in [9.17, 15) is 4.79 Å². The van der Waals surface area contributed by atoms with Crippen molar-refractivity contribution in [3.05, 3.63) is 52.9 Å². The molecule has 0 spiro atoms. The van der Waals surface area contributed by atoms with Crippen LogP contribution in [0.25, 0.3) is 0 Å². The van der Waals surface area contributed by atoms with Crippen LogP contribution >= 0.6 is 0 Å². The van der Waals surface area contributed by atoms with Gasteiger partial charge in [0.1, 0.15) is 6.61 Å². The van der Waals surface area contributed by atoms with Gasteiger partial charge in [-0.2, -0.15) is 0 Å². The largest absolute Gasteiger partial charge is 0.377 e. The van der Waals surface area contributed by atoms with Crippen LogP contribution in [0.3, 0.4) is 0 Å². The molecule has 2 rings (SSSR count). The van der Waals surface area contributed by atoms with Crippen molar-refractivity contribution in [2.24, 2.45) is 5.73 Å². The number of ether oxygens (including phenoxy) is 1. The van der Waals surface area contributed by atoms with Crippen molar-refractivity contribution in [1.82, 2.24) is 10.5 Å². The van der Waals surface area contributed by atoms with E-state index >= 15 is 0 Å². The van der Waals surface area contributed by atoms with Crippen LogP contribution in [0.2, 0.25) is 0 Å². The maximum Gasteiger partial charge on any atom is 0.273 e. The van der Waals surface area contributed by atoms with Crippen molar-refractivity contribution >= 4 is 5.91 Å². The Hall–Kier alpha value is -2.18. The number of rotatable bonds is 6. The van der Waals surface area contributed by atoms with Gasteiger partial charge < -0.3 is 20.3 Å². The second-order valence-corrected chi connectivity index (χ2v) is 4.27. The molecule has 0 saturated heterocycles. The van der Waals surface area contributed by atoms with E-state index in [1.54, 1.807) is 13.2 Å². The summed E-state index contributed by atoms with van der Waals surface area (Å²) >= 11 is 0. The van der Waals surface area contributed by atoms with Gasteiger partial charge in [-0.25, -0.2) is 0 Å². The smallest absolute Gasteiger partial charge is 0.273 e. The summed E-state index contributed by atoms with van der Waals surface area (Å²) in [4.78, 5) is 11.9. The summed E-state index contributed by atoms with van der Waals surface area (Å²) < 4.78 is 9.87. The number of carbonyl (C=O) groups excluding carboxylic acids is 1. The predicted octanol–water partition coefficient (Wildman–Crippen LogP) is 1.21. The first-order valence-corrected chi connectivity index (χ1v) is 6.24. The average molecular weight is 275 g/mol. The van der Waals surface area contributed by atoms with Gasteiger partial charge in [0.2, 0.25) is 0 Å². The van der Waals surface area contributed by atoms with E-state index < -0.39 is 0 Å². The summed E-state index contributed by atoms with van der Waals surface area (Å²) in [5.41, 5.74) is 7.89. The van der Waals surface area contributed by atoms with Crippen LogP contribution in [0.4, 0.5) is 0 Å². The van der Waals surface area contributed by atoms with E-state index in [2.05, 4.69) is 10.5 Å². The van der Waals surface area contributed by atoms with Gasteiger partial charge >= 0.3 is 0 Å². The minimum atomic E-state index is -0.289. The number of aromatic nitrogens is 1. The van der Waals surface area contributed by atoms with E-state index in [-0.39, 0.29) is 18.2 Å². The van der Waals surface area contributed by atoms with Gasteiger partial charge in [-0.3, -0.25) is 4.79 Å². The summed E-state index contributed by atoms with van der Waals surface area (Å²) in [7, 11) is 1.55. The van der Waals surface area contributed by atoms with Crippen molar-refractivity contribution in [3.8, 4) is 0 Å². The number of benzene rings is 1. The molecule has 0 atom stereocenters. The summed E-state index contributed by atoms with van der Waals surface area (Å²) in [6.45, 7) is 1.13. The molecule has 0 aliphatic carbocycles. The molecule has 0 radical (unpaired) electrons. The Morgan fingerprint density at radius 3 is 2.85 bits per heavy atom. The van der Waals surface area contributed by atoms with Gasteiger partial charge in [-0.15, -0.1) is 0 Å². The number of amides is 1. The molecule has 0 aliphatic rings. The maximum atomic E-state index is 11.9. The lowest BCUT2D eigenvalue weighted by Gasteiger charge is -2.07. The number of methoxy groups -OCH3 is 1. The quantitative estimate of drug-likeness (QED) is 0.827. The Labute approximate surface area is 116 Å². The molecule has 20 heavy (non-hydrogen) atoms. The van der Waals surface area contributed by atoms with Crippen molar-refractivity contribution in [2.45, 2.75) is 19.7 Å². The summed E-state index contributed by atoms with van der Waals surface area (Å²) in [5.74, 6) is 0.225. The number of hydrogen-bond donors (Lipinski definition) is 2. The number of nitrogens with two attached hydrogens (primary N) is 1. The van der Waals surface area contributed by atoms with E-state index in [4.69, 9.17) is 15.0 Å². The third-order valence-corrected chi connectivity index (χ3v) is 2.86. The molecule has 2 aromatic rings. The summed E-state index contributed by atoms with van der Waals surface area (Å²) in [6.07, 6.45) is 0. The van der Waals surface area contributed by atoms with Gasteiger partial charge in [0.15, 0.2) is 11.5 Å². The van der Waals surface area contributed by atoms with Crippen LogP contribution in [0.5, 0.6) is 0 Å². The molecule has 0 saturated carbocycles. The molecule has 6 heteroatoms. The minimum Gasteiger partial charge on any atom is -0.377 e. The van der Waals surface area contributed by atoms with Gasteiger partial charge in [-0.1, -0.05) is 29.4 Å². The SMILES string of the molecule is COCc1cc(C(=O)NCc2ccccc2CN)no1. The van der Waals surface area contributed by atoms with Crippen molar-refractivity contribution in [3.63, 3.8) is 0 Å². The van der Waals surface area contributed by atoms with Gasteiger partial charge in [0.05, 0.1) is 0 Å². The van der Waals surface area contributed by atoms with Crippen LogP contribution in [0, 0.1) is 0 Å². The van der Waals surface area contributed by atoms with Crippen molar-refractivity contribution < 1.29 is 14.1 Å². The fraction of sp³-hybridized carbons (Fsp3) is 0.286. The Balaban J connectivity index is 1.97. The standard InChI is InChI=1S/C14H17N3O3/c1-19-9-12-6-13(17-20-12)14(18)16-8-11-5-3-2-4-10(11)7-15/h2-6H,7-9,15H2,1H3,(H,16,18). The van der Waals surface area contributed by atoms with E-state index in [0.717, 1.165) is 11.1 Å². The summed E-state index contributed by atoms with van der Waals surface area (Å²) in [6, 6.07) is 9.26.